The number of benzene rings is 1. The van der Waals surface area contributed by atoms with Crippen LogP contribution in [0.3, 0.4) is 0 Å². The molecule has 1 aromatic carbocycles. The lowest BCUT2D eigenvalue weighted by atomic mass is 10.2. The molecule has 0 aliphatic heterocycles. The number of rotatable bonds is 6. The Morgan fingerprint density at radius 1 is 1.05 bits per heavy atom. The van der Waals surface area contributed by atoms with Gasteiger partial charge in [-0.05, 0) is 37.6 Å². The van der Waals surface area contributed by atoms with Crippen molar-refractivity contribution in [1.82, 2.24) is 9.97 Å². The Morgan fingerprint density at radius 3 is 2.35 bits per heavy atom. The quantitative estimate of drug-likeness (QED) is 0.875. The lowest BCUT2D eigenvalue weighted by molar-refractivity contribution is 0.411. The number of aromatic nitrogens is 2. The van der Waals surface area contributed by atoms with Crippen LogP contribution < -0.4 is 14.8 Å². The number of nitrogens with one attached hydrogen (secondary N) is 1. The van der Waals surface area contributed by atoms with E-state index in [9.17, 15) is 0 Å². The fourth-order valence-electron chi connectivity index (χ4n) is 1.88. The molecule has 5 nitrogen and oxygen atoms in total. The first-order valence-corrected chi connectivity index (χ1v) is 6.68. The summed E-state index contributed by atoms with van der Waals surface area (Å²) in [4.78, 5) is 8.47. The highest BCUT2D eigenvalue weighted by atomic mass is 16.5. The van der Waals surface area contributed by atoms with Gasteiger partial charge in [-0.2, -0.15) is 0 Å². The van der Waals surface area contributed by atoms with Crippen molar-refractivity contribution in [3.05, 3.63) is 36.2 Å². The van der Waals surface area contributed by atoms with Crippen LogP contribution in [0.4, 0.5) is 5.82 Å². The summed E-state index contributed by atoms with van der Waals surface area (Å²) in [5.41, 5.74) is 0.977. The Labute approximate surface area is 119 Å². The van der Waals surface area contributed by atoms with E-state index in [-0.39, 0.29) is 0 Å². The third-order valence-corrected chi connectivity index (χ3v) is 2.88. The Balaban J connectivity index is 2.25. The molecule has 0 fully saturated rings. The van der Waals surface area contributed by atoms with Gasteiger partial charge in [-0.15, -0.1) is 0 Å². The van der Waals surface area contributed by atoms with Crippen molar-refractivity contribution in [1.29, 1.82) is 0 Å². The lowest BCUT2D eigenvalue weighted by Gasteiger charge is -2.12. The van der Waals surface area contributed by atoms with Gasteiger partial charge in [0.1, 0.15) is 23.6 Å². The minimum Gasteiger partial charge on any atom is -0.497 e. The maximum atomic E-state index is 5.84. The van der Waals surface area contributed by atoms with Crippen LogP contribution >= 0.6 is 0 Å². The van der Waals surface area contributed by atoms with E-state index in [1.54, 1.807) is 7.11 Å². The van der Waals surface area contributed by atoms with Gasteiger partial charge in [0.15, 0.2) is 0 Å². The molecule has 20 heavy (non-hydrogen) atoms. The van der Waals surface area contributed by atoms with Crippen molar-refractivity contribution < 1.29 is 9.47 Å². The second-order valence-corrected chi connectivity index (χ2v) is 4.17. The van der Waals surface area contributed by atoms with Crippen LogP contribution in [0.25, 0.3) is 0 Å². The predicted molar refractivity (Wildman–Crippen MR) is 78.6 cm³/mol. The molecule has 5 heteroatoms. The van der Waals surface area contributed by atoms with E-state index in [2.05, 4.69) is 22.2 Å². The van der Waals surface area contributed by atoms with E-state index in [1.807, 2.05) is 31.2 Å². The van der Waals surface area contributed by atoms with Gasteiger partial charge in [0.2, 0.25) is 5.88 Å². The first kappa shape index (κ1) is 14.1. The summed E-state index contributed by atoms with van der Waals surface area (Å²) in [6, 6.07) is 7.42. The number of nitrogens with zero attached hydrogens (tertiary/aromatic N) is 2. The molecular formula is C15H19N3O2. The van der Waals surface area contributed by atoms with Crippen LogP contribution in [-0.2, 0) is 6.42 Å². The summed E-state index contributed by atoms with van der Waals surface area (Å²) >= 11 is 0. The molecule has 2 rings (SSSR count). The topological polar surface area (TPSA) is 56.3 Å². The molecule has 0 radical (unpaired) electrons. The summed E-state index contributed by atoms with van der Waals surface area (Å²) in [6.07, 6.45) is 2.31. The monoisotopic (exact) mass is 273 g/mol. The molecule has 0 unspecified atom stereocenters. The maximum Gasteiger partial charge on any atom is 0.227 e. The van der Waals surface area contributed by atoms with Crippen molar-refractivity contribution in [2.75, 3.05) is 19.0 Å². The van der Waals surface area contributed by atoms with Crippen LogP contribution in [-0.4, -0.2) is 23.6 Å². The molecule has 0 saturated heterocycles. The van der Waals surface area contributed by atoms with Gasteiger partial charge >= 0.3 is 0 Å². The second-order valence-electron chi connectivity index (χ2n) is 4.17. The van der Waals surface area contributed by atoms with Crippen molar-refractivity contribution in [3.63, 3.8) is 0 Å². The Kier molecular flexibility index (Phi) is 4.76. The van der Waals surface area contributed by atoms with E-state index in [0.29, 0.717) is 5.88 Å². The summed E-state index contributed by atoms with van der Waals surface area (Å²) in [5, 5.41) is 3.22. The summed E-state index contributed by atoms with van der Waals surface area (Å²) in [5.74, 6) is 2.93. The van der Waals surface area contributed by atoms with Crippen LogP contribution in [0.5, 0.6) is 17.4 Å². The molecule has 0 bridgehead atoms. The standard InChI is InChI=1S/C15H19N3O2/c1-4-13-14(16-5-2)17-10-18-15(13)20-12-8-6-11(19-3)7-9-12/h6-10H,4-5H2,1-3H3,(H,16,17,18). The van der Waals surface area contributed by atoms with Crippen molar-refractivity contribution >= 4 is 5.82 Å². The molecule has 0 atom stereocenters. The van der Waals surface area contributed by atoms with E-state index >= 15 is 0 Å². The van der Waals surface area contributed by atoms with Gasteiger partial charge in [0.05, 0.1) is 12.7 Å². The minimum atomic E-state index is 0.587. The minimum absolute atomic E-state index is 0.587. The molecule has 2 aromatic rings. The van der Waals surface area contributed by atoms with Crippen molar-refractivity contribution in [3.8, 4) is 17.4 Å². The number of ether oxygens (including phenoxy) is 2. The van der Waals surface area contributed by atoms with Crippen LogP contribution in [0.15, 0.2) is 30.6 Å². The van der Waals surface area contributed by atoms with Crippen LogP contribution in [0.1, 0.15) is 19.4 Å². The number of hydrogen-bond donors (Lipinski definition) is 1. The third kappa shape index (κ3) is 3.17. The zero-order valence-electron chi connectivity index (χ0n) is 12.0. The molecule has 0 aliphatic carbocycles. The third-order valence-electron chi connectivity index (χ3n) is 2.88. The molecular weight excluding hydrogens is 254 g/mol. The highest BCUT2D eigenvalue weighted by molar-refractivity contribution is 5.49. The molecule has 0 aliphatic rings. The molecule has 0 amide bonds. The summed E-state index contributed by atoms with van der Waals surface area (Å²) in [6.45, 7) is 4.90. The summed E-state index contributed by atoms with van der Waals surface area (Å²) < 4.78 is 11.0. The smallest absolute Gasteiger partial charge is 0.227 e. The average Bonchev–Trinajstić information content (AvgIpc) is 2.49. The summed E-state index contributed by atoms with van der Waals surface area (Å²) in [7, 11) is 1.64. The number of hydrogen-bond acceptors (Lipinski definition) is 5. The van der Waals surface area contributed by atoms with E-state index in [0.717, 1.165) is 35.8 Å². The highest BCUT2D eigenvalue weighted by Gasteiger charge is 2.11. The van der Waals surface area contributed by atoms with Gasteiger partial charge in [0.25, 0.3) is 0 Å². The first-order chi connectivity index (χ1) is 9.78. The van der Waals surface area contributed by atoms with Crippen LogP contribution in [0.2, 0.25) is 0 Å². The molecule has 1 N–H and O–H groups in total. The number of anilines is 1. The van der Waals surface area contributed by atoms with Gasteiger partial charge in [-0.1, -0.05) is 6.92 Å². The second kappa shape index (κ2) is 6.75. The fourth-order valence-corrected chi connectivity index (χ4v) is 1.88. The molecule has 0 spiro atoms. The fraction of sp³-hybridized carbons (Fsp3) is 0.333. The van der Waals surface area contributed by atoms with Crippen molar-refractivity contribution in [2.45, 2.75) is 20.3 Å². The predicted octanol–water partition coefficient (Wildman–Crippen LogP) is 3.27. The van der Waals surface area contributed by atoms with Gasteiger partial charge < -0.3 is 14.8 Å². The van der Waals surface area contributed by atoms with Crippen LogP contribution in [0, 0.1) is 0 Å². The van der Waals surface area contributed by atoms with Gasteiger partial charge in [-0.25, -0.2) is 9.97 Å². The SMILES string of the molecule is CCNc1ncnc(Oc2ccc(OC)cc2)c1CC. The van der Waals surface area contributed by atoms with E-state index in [4.69, 9.17) is 9.47 Å². The average molecular weight is 273 g/mol. The molecule has 1 heterocycles. The lowest BCUT2D eigenvalue weighted by Crippen LogP contribution is -2.05. The van der Waals surface area contributed by atoms with Gasteiger partial charge in [-0.3, -0.25) is 0 Å². The zero-order chi connectivity index (χ0) is 14.4. The Bertz CT molecular complexity index is 556. The van der Waals surface area contributed by atoms with Crippen molar-refractivity contribution in [2.24, 2.45) is 0 Å². The maximum absolute atomic E-state index is 5.84. The van der Waals surface area contributed by atoms with E-state index in [1.165, 1.54) is 6.33 Å². The Morgan fingerprint density at radius 2 is 1.75 bits per heavy atom. The number of methoxy groups -OCH3 is 1. The Hall–Kier alpha value is -2.30. The van der Waals surface area contributed by atoms with Gasteiger partial charge in [0, 0.05) is 6.54 Å². The molecule has 1 aromatic heterocycles. The first-order valence-electron chi connectivity index (χ1n) is 6.68. The largest absolute Gasteiger partial charge is 0.497 e. The molecule has 106 valence electrons. The zero-order valence-corrected chi connectivity index (χ0v) is 12.0. The highest BCUT2D eigenvalue weighted by Crippen LogP contribution is 2.28. The molecule has 0 saturated carbocycles. The van der Waals surface area contributed by atoms with E-state index < -0.39 is 0 Å². The normalized spacial score (nSPS) is 10.2.